The van der Waals surface area contributed by atoms with Crippen LogP contribution in [-0.2, 0) is 16.1 Å². The Hall–Kier alpha value is -2.04. The van der Waals surface area contributed by atoms with Crippen LogP contribution in [0.1, 0.15) is 26.3 Å². The van der Waals surface area contributed by atoms with Gasteiger partial charge in [-0.25, -0.2) is 4.79 Å². The van der Waals surface area contributed by atoms with E-state index < -0.39 is 17.4 Å². The lowest BCUT2D eigenvalue weighted by atomic mass is 9.85. The molecular weight excluding hydrogens is 256 g/mol. The number of fused-ring (bicyclic) bond motifs is 1. The first-order chi connectivity index (χ1) is 9.30. The number of rotatable bonds is 2. The van der Waals surface area contributed by atoms with Crippen LogP contribution in [0.15, 0.2) is 24.3 Å². The Morgan fingerprint density at radius 2 is 2.00 bits per heavy atom. The van der Waals surface area contributed by atoms with Crippen molar-refractivity contribution >= 4 is 17.6 Å². The average Bonchev–Trinajstić information content (AvgIpc) is 2.48. The molecule has 2 rings (SSSR count). The van der Waals surface area contributed by atoms with Crippen LogP contribution in [0.3, 0.4) is 0 Å². The number of carboxylic acids is 1. The highest BCUT2D eigenvalue weighted by atomic mass is 16.4. The summed E-state index contributed by atoms with van der Waals surface area (Å²) in [6, 6.07) is 6.75. The molecule has 0 spiro atoms. The highest BCUT2D eigenvalue weighted by molar-refractivity contribution is 5.88. The second kappa shape index (κ2) is 5.15. The van der Waals surface area contributed by atoms with Crippen LogP contribution in [0.5, 0.6) is 0 Å². The number of nitrogens with one attached hydrogen (secondary N) is 1. The Morgan fingerprint density at radius 3 is 2.60 bits per heavy atom. The number of benzene rings is 1. The lowest BCUT2D eigenvalue weighted by Gasteiger charge is -2.36. The highest BCUT2D eigenvalue weighted by Gasteiger charge is 2.39. The summed E-state index contributed by atoms with van der Waals surface area (Å²) in [4.78, 5) is 25.3. The fourth-order valence-corrected chi connectivity index (χ4v) is 2.58. The molecule has 1 atom stereocenters. The van der Waals surface area contributed by atoms with E-state index in [-0.39, 0.29) is 12.5 Å². The van der Waals surface area contributed by atoms with Crippen LogP contribution < -0.4 is 5.32 Å². The summed E-state index contributed by atoms with van der Waals surface area (Å²) in [5.41, 5.74) is 1.30. The lowest BCUT2D eigenvalue weighted by molar-refractivity contribution is -0.155. The number of nitrogens with zero attached hydrogens (tertiary/aromatic N) is 1. The zero-order valence-electron chi connectivity index (χ0n) is 12.0. The van der Waals surface area contributed by atoms with E-state index in [9.17, 15) is 14.7 Å². The first-order valence-electron chi connectivity index (χ1n) is 6.65. The van der Waals surface area contributed by atoms with Gasteiger partial charge in [0, 0.05) is 12.2 Å². The topological polar surface area (TPSA) is 69.6 Å². The van der Waals surface area contributed by atoms with Crippen LogP contribution in [0.2, 0.25) is 0 Å². The second-order valence-corrected chi connectivity index (χ2v) is 6.14. The smallest absolute Gasteiger partial charge is 0.326 e. The zero-order chi connectivity index (χ0) is 14.9. The molecule has 1 aliphatic heterocycles. The number of carbonyl (C=O) groups is 2. The van der Waals surface area contributed by atoms with Gasteiger partial charge in [0.05, 0.1) is 6.54 Å². The Morgan fingerprint density at radius 1 is 1.35 bits per heavy atom. The Bertz CT molecular complexity index is 534. The van der Waals surface area contributed by atoms with Crippen molar-refractivity contribution in [1.29, 1.82) is 0 Å². The van der Waals surface area contributed by atoms with E-state index >= 15 is 0 Å². The largest absolute Gasteiger partial charge is 0.480 e. The minimum absolute atomic E-state index is 0.122. The molecule has 0 saturated carbocycles. The predicted molar refractivity (Wildman–Crippen MR) is 76.4 cm³/mol. The summed E-state index contributed by atoms with van der Waals surface area (Å²) in [7, 11) is 0. The van der Waals surface area contributed by atoms with Crippen molar-refractivity contribution in [1.82, 2.24) is 4.90 Å². The van der Waals surface area contributed by atoms with E-state index in [4.69, 9.17) is 0 Å². The van der Waals surface area contributed by atoms with Gasteiger partial charge < -0.3 is 15.3 Å². The summed E-state index contributed by atoms with van der Waals surface area (Å²) in [6.45, 7) is 5.95. The Labute approximate surface area is 118 Å². The predicted octanol–water partition coefficient (Wildman–Crippen LogP) is 1.94. The molecule has 1 heterocycles. The third kappa shape index (κ3) is 2.76. The molecule has 1 aliphatic rings. The van der Waals surface area contributed by atoms with E-state index in [2.05, 4.69) is 5.32 Å². The molecule has 0 radical (unpaired) electrons. The summed E-state index contributed by atoms with van der Waals surface area (Å²) in [5, 5.41) is 12.6. The molecule has 1 aromatic carbocycles. The van der Waals surface area contributed by atoms with E-state index in [1.165, 1.54) is 4.90 Å². The van der Waals surface area contributed by atoms with Gasteiger partial charge in [-0.1, -0.05) is 39.0 Å². The summed E-state index contributed by atoms with van der Waals surface area (Å²) in [6.07, 6.45) is 0. The monoisotopic (exact) mass is 276 g/mol. The fourth-order valence-electron chi connectivity index (χ4n) is 2.58. The maximum atomic E-state index is 12.3. The van der Waals surface area contributed by atoms with Crippen molar-refractivity contribution in [3.63, 3.8) is 0 Å². The van der Waals surface area contributed by atoms with Gasteiger partial charge in [0.2, 0.25) is 5.91 Å². The summed E-state index contributed by atoms with van der Waals surface area (Å²) in [5.74, 6) is -1.16. The lowest BCUT2D eigenvalue weighted by Crippen LogP contribution is -2.52. The van der Waals surface area contributed by atoms with Gasteiger partial charge in [-0.3, -0.25) is 4.79 Å². The molecule has 0 aromatic heterocycles. The van der Waals surface area contributed by atoms with Gasteiger partial charge in [-0.15, -0.1) is 0 Å². The van der Waals surface area contributed by atoms with Crippen LogP contribution >= 0.6 is 0 Å². The number of hydrogen-bond donors (Lipinski definition) is 2. The fraction of sp³-hybridized carbons (Fsp3) is 0.467. The number of carbonyl (C=O) groups excluding carboxylic acids is 1. The minimum atomic E-state index is -0.967. The molecule has 20 heavy (non-hydrogen) atoms. The van der Waals surface area contributed by atoms with Crippen molar-refractivity contribution in [3.8, 4) is 0 Å². The van der Waals surface area contributed by atoms with E-state index in [0.29, 0.717) is 6.54 Å². The normalized spacial score (nSPS) is 16.9. The van der Waals surface area contributed by atoms with Crippen molar-refractivity contribution in [3.05, 3.63) is 29.8 Å². The van der Waals surface area contributed by atoms with Crippen molar-refractivity contribution in [2.45, 2.75) is 33.4 Å². The molecule has 0 bridgehead atoms. The standard InChI is InChI=1S/C15H20N2O3/c1-15(2,3)13(14(19)20)17-9-10-6-4-5-7-11(10)16-8-12(17)18/h4-7,13,16H,8-9H2,1-3H3,(H,19,20). The Kier molecular flexibility index (Phi) is 3.70. The van der Waals surface area contributed by atoms with E-state index in [1.807, 2.05) is 45.0 Å². The van der Waals surface area contributed by atoms with Crippen molar-refractivity contribution in [2.24, 2.45) is 5.41 Å². The Balaban J connectivity index is 2.39. The van der Waals surface area contributed by atoms with Gasteiger partial charge in [0.15, 0.2) is 0 Å². The number of para-hydroxylation sites is 1. The summed E-state index contributed by atoms with van der Waals surface area (Å²) < 4.78 is 0. The number of carboxylic acid groups (broad SMARTS) is 1. The van der Waals surface area contributed by atoms with Crippen molar-refractivity contribution in [2.75, 3.05) is 11.9 Å². The second-order valence-electron chi connectivity index (χ2n) is 6.14. The van der Waals surface area contributed by atoms with Gasteiger partial charge in [0.25, 0.3) is 0 Å². The molecule has 1 amide bonds. The van der Waals surface area contributed by atoms with Gasteiger partial charge in [-0.05, 0) is 17.0 Å². The van der Waals surface area contributed by atoms with Crippen LogP contribution in [0.4, 0.5) is 5.69 Å². The maximum Gasteiger partial charge on any atom is 0.326 e. The average molecular weight is 276 g/mol. The van der Waals surface area contributed by atoms with Crippen LogP contribution in [0, 0.1) is 5.41 Å². The first-order valence-corrected chi connectivity index (χ1v) is 6.65. The highest BCUT2D eigenvalue weighted by Crippen LogP contribution is 2.29. The van der Waals surface area contributed by atoms with Crippen LogP contribution in [0.25, 0.3) is 0 Å². The van der Waals surface area contributed by atoms with Gasteiger partial charge >= 0.3 is 5.97 Å². The number of aliphatic carboxylic acids is 1. The molecule has 2 N–H and O–H groups in total. The summed E-state index contributed by atoms with van der Waals surface area (Å²) >= 11 is 0. The zero-order valence-corrected chi connectivity index (χ0v) is 12.0. The molecule has 0 fully saturated rings. The third-order valence-corrected chi connectivity index (χ3v) is 3.47. The quantitative estimate of drug-likeness (QED) is 0.866. The molecular formula is C15H20N2O3. The number of anilines is 1. The maximum absolute atomic E-state index is 12.3. The number of amides is 1. The number of hydrogen-bond acceptors (Lipinski definition) is 3. The molecule has 0 aliphatic carbocycles. The molecule has 1 unspecified atom stereocenters. The molecule has 1 aromatic rings. The molecule has 5 nitrogen and oxygen atoms in total. The minimum Gasteiger partial charge on any atom is -0.480 e. The first kappa shape index (κ1) is 14.4. The van der Waals surface area contributed by atoms with Crippen LogP contribution in [-0.4, -0.2) is 34.5 Å². The molecule has 108 valence electrons. The third-order valence-electron chi connectivity index (χ3n) is 3.47. The van der Waals surface area contributed by atoms with Gasteiger partial charge in [-0.2, -0.15) is 0 Å². The molecule has 5 heteroatoms. The van der Waals surface area contributed by atoms with E-state index in [1.54, 1.807) is 0 Å². The SMILES string of the molecule is CC(C)(C)C(C(=O)O)N1Cc2ccccc2NCC1=O. The molecule has 0 saturated heterocycles. The van der Waals surface area contributed by atoms with Crippen molar-refractivity contribution < 1.29 is 14.7 Å². The van der Waals surface area contributed by atoms with Gasteiger partial charge in [0.1, 0.15) is 6.04 Å². The van der Waals surface area contributed by atoms with E-state index in [0.717, 1.165) is 11.3 Å².